The molecule has 2 aliphatic rings. The standard InChI is InChI=1S/C10H20N2O2S/c1-8(2)5-12-4-3-11-9-6-15(13,14)7-10(9)12/h8-11H,3-7H2,1-2H3/t9-,10+/m1/s1. The second-order valence-corrected chi connectivity index (χ2v) is 7.25. The van der Waals surface area contributed by atoms with Gasteiger partial charge < -0.3 is 5.32 Å². The van der Waals surface area contributed by atoms with E-state index in [0.717, 1.165) is 19.6 Å². The van der Waals surface area contributed by atoms with Crippen LogP contribution in [0.5, 0.6) is 0 Å². The predicted molar refractivity (Wildman–Crippen MR) is 60.6 cm³/mol. The molecule has 2 rings (SSSR count). The van der Waals surface area contributed by atoms with Crippen LogP contribution in [0.1, 0.15) is 13.8 Å². The molecular formula is C10H20N2O2S. The number of hydrogen-bond donors (Lipinski definition) is 1. The minimum absolute atomic E-state index is 0.169. The molecule has 88 valence electrons. The van der Waals surface area contributed by atoms with E-state index in [1.54, 1.807) is 0 Å². The molecule has 0 radical (unpaired) electrons. The highest BCUT2D eigenvalue weighted by Gasteiger charge is 2.42. The monoisotopic (exact) mass is 232 g/mol. The molecule has 2 heterocycles. The van der Waals surface area contributed by atoms with Crippen LogP contribution < -0.4 is 5.32 Å². The van der Waals surface area contributed by atoms with Gasteiger partial charge in [-0.2, -0.15) is 0 Å². The number of nitrogens with one attached hydrogen (secondary N) is 1. The van der Waals surface area contributed by atoms with Gasteiger partial charge in [0, 0.05) is 31.7 Å². The summed E-state index contributed by atoms with van der Waals surface area (Å²) in [5.41, 5.74) is 0. The lowest BCUT2D eigenvalue weighted by atomic mass is 10.1. The summed E-state index contributed by atoms with van der Waals surface area (Å²) < 4.78 is 23.1. The summed E-state index contributed by atoms with van der Waals surface area (Å²) in [5.74, 6) is 1.27. The van der Waals surface area contributed by atoms with Crippen molar-refractivity contribution in [1.82, 2.24) is 10.2 Å². The van der Waals surface area contributed by atoms with Crippen molar-refractivity contribution in [3.05, 3.63) is 0 Å². The van der Waals surface area contributed by atoms with E-state index in [1.807, 2.05) is 0 Å². The van der Waals surface area contributed by atoms with E-state index in [1.165, 1.54) is 0 Å². The fourth-order valence-corrected chi connectivity index (χ4v) is 4.63. The molecule has 4 nitrogen and oxygen atoms in total. The first kappa shape index (κ1) is 11.4. The number of nitrogens with zero attached hydrogens (tertiary/aromatic N) is 1. The smallest absolute Gasteiger partial charge is 0.153 e. The van der Waals surface area contributed by atoms with Gasteiger partial charge in [0.25, 0.3) is 0 Å². The molecule has 2 saturated heterocycles. The minimum Gasteiger partial charge on any atom is -0.310 e. The van der Waals surface area contributed by atoms with Gasteiger partial charge >= 0.3 is 0 Å². The zero-order chi connectivity index (χ0) is 11.1. The Morgan fingerprint density at radius 2 is 2.13 bits per heavy atom. The summed E-state index contributed by atoms with van der Waals surface area (Å²) in [7, 11) is -2.80. The normalized spacial score (nSPS) is 35.7. The fourth-order valence-electron chi connectivity index (χ4n) is 2.64. The Morgan fingerprint density at radius 1 is 1.40 bits per heavy atom. The third-order valence-electron chi connectivity index (χ3n) is 3.20. The Hall–Kier alpha value is -0.130. The van der Waals surface area contributed by atoms with E-state index in [4.69, 9.17) is 0 Å². The van der Waals surface area contributed by atoms with Crippen molar-refractivity contribution in [3.8, 4) is 0 Å². The Bertz CT molecular complexity index is 326. The Labute approximate surface area is 91.9 Å². The van der Waals surface area contributed by atoms with Crippen LogP contribution in [0.25, 0.3) is 0 Å². The van der Waals surface area contributed by atoms with E-state index in [9.17, 15) is 8.42 Å². The first-order valence-electron chi connectivity index (χ1n) is 5.66. The first-order valence-corrected chi connectivity index (χ1v) is 7.48. The molecule has 0 aliphatic carbocycles. The van der Waals surface area contributed by atoms with Crippen molar-refractivity contribution < 1.29 is 8.42 Å². The predicted octanol–water partition coefficient (Wildman–Crippen LogP) is -0.287. The van der Waals surface area contributed by atoms with Gasteiger partial charge in [-0.1, -0.05) is 13.8 Å². The van der Waals surface area contributed by atoms with Crippen LogP contribution in [-0.2, 0) is 9.84 Å². The molecule has 0 amide bonds. The molecule has 2 fully saturated rings. The van der Waals surface area contributed by atoms with Crippen molar-refractivity contribution >= 4 is 9.84 Å². The molecule has 0 saturated carbocycles. The molecule has 2 atom stereocenters. The van der Waals surface area contributed by atoms with Crippen LogP contribution in [-0.4, -0.2) is 56.5 Å². The second kappa shape index (κ2) is 4.03. The molecule has 15 heavy (non-hydrogen) atoms. The van der Waals surface area contributed by atoms with Crippen LogP contribution >= 0.6 is 0 Å². The van der Waals surface area contributed by atoms with E-state index >= 15 is 0 Å². The fraction of sp³-hybridized carbons (Fsp3) is 1.00. The van der Waals surface area contributed by atoms with Crippen molar-refractivity contribution in [2.45, 2.75) is 25.9 Å². The number of fused-ring (bicyclic) bond motifs is 1. The highest BCUT2D eigenvalue weighted by Crippen LogP contribution is 2.21. The maximum Gasteiger partial charge on any atom is 0.153 e. The lowest BCUT2D eigenvalue weighted by molar-refractivity contribution is 0.133. The van der Waals surface area contributed by atoms with Gasteiger partial charge in [0.15, 0.2) is 9.84 Å². The zero-order valence-corrected chi connectivity index (χ0v) is 10.3. The van der Waals surface area contributed by atoms with E-state index in [2.05, 4.69) is 24.1 Å². The molecule has 0 bridgehead atoms. The molecule has 1 N–H and O–H groups in total. The quantitative estimate of drug-likeness (QED) is 0.711. The zero-order valence-electron chi connectivity index (χ0n) is 9.44. The van der Waals surface area contributed by atoms with Crippen LogP contribution in [0, 0.1) is 5.92 Å². The number of sulfone groups is 1. The van der Waals surface area contributed by atoms with Gasteiger partial charge in [0.05, 0.1) is 11.5 Å². The molecule has 0 spiro atoms. The SMILES string of the molecule is CC(C)CN1CCN[C@@H]2CS(=O)(=O)C[C@@H]21. The molecule has 0 aromatic heterocycles. The molecule has 2 aliphatic heterocycles. The summed E-state index contributed by atoms with van der Waals surface area (Å²) in [6, 6.07) is 0.383. The van der Waals surface area contributed by atoms with Crippen molar-refractivity contribution in [2.24, 2.45) is 5.92 Å². The lowest BCUT2D eigenvalue weighted by Crippen LogP contribution is -2.57. The van der Waals surface area contributed by atoms with Crippen molar-refractivity contribution in [2.75, 3.05) is 31.1 Å². The van der Waals surface area contributed by atoms with Gasteiger partial charge in [-0.05, 0) is 5.92 Å². The third kappa shape index (κ3) is 2.52. The van der Waals surface area contributed by atoms with Crippen LogP contribution in [0.4, 0.5) is 0 Å². The topological polar surface area (TPSA) is 49.4 Å². The summed E-state index contributed by atoms with van der Waals surface area (Å²) in [6.45, 7) is 7.28. The second-order valence-electron chi connectivity index (χ2n) is 5.09. The maximum absolute atomic E-state index is 11.6. The summed E-state index contributed by atoms with van der Waals surface area (Å²) in [6.07, 6.45) is 0. The highest BCUT2D eigenvalue weighted by atomic mass is 32.2. The molecule has 0 aromatic carbocycles. The minimum atomic E-state index is -2.80. The average Bonchev–Trinajstić information content (AvgIpc) is 2.39. The Balaban J connectivity index is 2.08. The van der Waals surface area contributed by atoms with Crippen LogP contribution in [0.15, 0.2) is 0 Å². The van der Waals surface area contributed by atoms with Crippen LogP contribution in [0.2, 0.25) is 0 Å². The van der Waals surface area contributed by atoms with Crippen LogP contribution in [0.3, 0.4) is 0 Å². The molecule has 0 aromatic rings. The third-order valence-corrected chi connectivity index (χ3v) is 4.91. The average molecular weight is 232 g/mol. The van der Waals surface area contributed by atoms with Gasteiger partial charge in [0.2, 0.25) is 0 Å². The van der Waals surface area contributed by atoms with Gasteiger partial charge in [0.1, 0.15) is 0 Å². The molecule has 5 heteroatoms. The van der Waals surface area contributed by atoms with Gasteiger partial charge in [-0.3, -0.25) is 4.90 Å². The molecule has 0 unspecified atom stereocenters. The maximum atomic E-state index is 11.6. The summed E-state index contributed by atoms with van der Waals surface area (Å²) in [4.78, 5) is 2.34. The summed E-state index contributed by atoms with van der Waals surface area (Å²) >= 11 is 0. The summed E-state index contributed by atoms with van der Waals surface area (Å²) in [5, 5.41) is 3.32. The molecular weight excluding hydrogens is 212 g/mol. The lowest BCUT2D eigenvalue weighted by Gasteiger charge is -2.38. The van der Waals surface area contributed by atoms with Gasteiger partial charge in [-0.15, -0.1) is 0 Å². The first-order chi connectivity index (χ1) is 6.98. The Morgan fingerprint density at radius 3 is 2.80 bits per heavy atom. The largest absolute Gasteiger partial charge is 0.310 e. The van der Waals surface area contributed by atoms with Crippen molar-refractivity contribution in [3.63, 3.8) is 0 Å². The van der Waals surface area contributed by atoms with E-state index in [0.29, 0.717) is 17.4 Å². The Kier molecular flexibility index (Phi) is 3.05. The number of rotatable bonds is 2. The van der Waals surface area contributed by atoms with Gasteiger partial charge in [-0.25, -0.2) is 8.42 Å². The van der Waals surface area contributed by atoms with E-state index in [-0.39, 0.29) is 12.1 Å². The van der Waals surface area contributed by atoms with Crippen molar-refractivity contribution in [1.29, 1.82) is 0 Å². The van der Waals surface area contributed by atoms with E-state index < -0.39 is 9.84 Å². The number of hydrogen-bond acceptors (Lipinski definition) is 4. The number of piperazine rings is 1. The highest BCUT2D eigenvalue weighted by molar-refractivity contribution is 7.91.